The molecule has 1 amide bonds. The van der Waals surface area contributed by atoms with Crippen molar-refractivity contribution in [1.82, 2.24) is 14.5 Å². The molecule has 2 fully saturated rings. The first-order valence-corrected chi connectivity index (χ1v) is 11.7. The minimum atomic E-state index is -3.65. The van der Waals surface area contributed by atoms with Crippen LogP contribution < -0.4 is 5.32 Å². The highest BCUT2D eigenvalue weighted by atomic mass is 32.2. The summed E-state index contributed by atoms with van der Waals surface area (Å²) in [6.07, 6.45) is 0.799. The Labute approximate surface area is 173 Å². The van der Waals surface area contributed by atoms with Gasteiger partial charge in [-0.25, -0.2) is 8.42 Å². The van der Waals surface area contributed by atoms with Crippen LogP contribution in [0.15, 0.2) is 23.1 Å². The lowest BCUT2D eigenvalue weighted by atomic mass is 10.1. The van der Waals surface area contributed by atoms with Crippen LogP contribution in [0.1, 0.15) is 29.3 Å². The lowest BCUT2D eigenvalue weighted by Gasteiger charge is -2.30. The largest absolute Gasteiger partial charge is 0.379 e. The van der Waals surface area contributed by atoms with Crippen LogP contribution in [0.4, 0.5) is 0 Å². The van der Waals surface area contributed by atoms with Gasteiger partial charge in [0.1, 0.15) is 0 Å². The SMILES string of the molecule is CCC(CN1CCOCC1)NC(=O)c1ccc(C)c(S(=O)(=O)N2CCOCC2)c1. The van der Waals surface area contributed by atoms with Gasteiger partial charge in [-0.15, -0.1) is 0 Å². The third kappa shape index (κ3) is 5.55. The maximum atomic E-state index is 13.0. The minimum Gasteiger partial charge on any atom is -0.379 e. The molecule has 0 aliphatic carbocycles. The molecule has 1 aromatic carbocycles. The van der Waals surface area contributed by atoms with Crippen molar-refractivity contribution in [3.63, 3.8) is 0 Å². The first-order valence-electron chi connectivity index (χ1n) is 10.2. The minimum absolute atomic E-state index is 0.00111. The molecule has 0 saturated carbocycles. The first kappa shape index (κ1) is 22.2. The summed E-state index contributed by atoms with van der Waals surface area (Å²) in [5.74, 6) is -0.247. The Morgan fingerprint density at radius 1 is 1.10 bits per heavy atom. The molecule has 1 atom stereocenters. The summed E-state index contributed by atoms with van der Waals surface area (Å²) in [4.78, 5) is 15.3. The molecule has 1 N–H and O–H groups in total. The Bertz CT molecular complexity index is 802. The number of benzene rings is 1. The van der Waals surface area contributed by atoms with Gasteiger partial charge in [0.15, 0.2) is 0 Å². The number of sulfonamides is 1. The second-order valence-electron chi connectivity index (χ2n) is 7.49. The molecule has 9 heteroatoms. The standard InChI is InChI=1S/C20H31N3O5S/c1-3-18(15-22-6-10-27-11-7-22)21-20(24)17-5-4-16(2)19(14-17)29(25,26)23-8-12-28-13-9-23/h4-5,14,18H,3,6-13,15H2,1-2H3,(H,21,24). The summed E-state index contributed by atoms with van der Waals surface area (Å²) in [7, 11) is -3.65. The molecule has 2 aliphatic heterocycles. The highest BCUT2D eigenvalue weighted by Gasteiger charge is 2.28. The molecular formula is C20H31N3O5S. The highest BCUT2D eigenvalue weighted by Crippen LogP contribution is 2.22. The fourth-order valence-corrected chi connectivity index (χ4v) is 5.25. The zero-order valence-electron chi connectivity index (χ0n) is 17.2. The van der Waals surface area contributed by atoms with E-state index in [1.54, 1.807) is 19.1 Å². The molecule has 29 heavy (non-hydrogen) atoms. The van der Waals surface area contributed by atoms with E-state index in [2.05, 4.69) is 10.2 Å². The monoisotopic (exact) mass is 425 g/mol. The van der Waals surface area contributed by atoms with Crippen molar-refractivity contribution in [3.05, 3.63) is 29.3 Å². The Morgan fingerprint density at radius 3 is 2.34 bits per heavy atom. The molecule has 0 aromatic heterocycles. The van der Waals surface area contributed by atoms with Crippen LogP contribution in [-0.4, -0.2) is 88.7 Å². The molecule has 1 aromatic rings. The van der Waals surface area contributed by atoms with E-state index in [9.17, 15) is 13.2 Å². The Hall–Kier alpha value is -1.52. The van der Waals surface area contributed by atoms with Crippen molar-refractivity contribution in [1.29, 1.82) is 0 Å². The van der Waals surface area contributed by atoms with E-state index in [0.717, 1.165) is 26.1 Å². The van der Waals surface area contributed by atoms with Crippen LogP contribution in [0.3, 0.4) is 0 Å². The number of nitrogens with one attached hydrogen (secondary N) is 1. The summed E-state index contributed by atoms with van der Waals surface area (Å²) in [5, 5.41) is 3.06. The topological polar surface area (TPSA) is 88.2 Å². The van der Waals surface area contributed by atoms with Gasteiger partial charge in [0, 0.05) is 44.3 Å². The molecule has 0 spiro atoms. The number of hydrogen-bond donors (Lipinski definition) is 1. The predicted octanol–water partition coefficient (Wildman–Crippen LogP) is 0.857. The van der Waals surface area contributed by atoms with Gasteiger partial charge in [-0.3, -0.25) is 9.69 Å². The van der Waals surface area contributed by atoms with E-state index in [-0.39, 0.29) is 16.8 Å². The molecule has 3 rings (SSSR count). The number of rotatable bonds is 7. The molecule has 1 unspecified atom stereocenters. The number of amides is 1. The molecule has 2 saturated heterocycles. The van der Waals surface area contributed by atoms with Crippen molar-refractivity contribution in [3.8, 4) is 0 Å². The number of carbonyl (C=O) groups is 1. The van der Waals surface area contributed by atoms with Crippen molar-refractivity contribution in [2.45, 2.75) is 31.2 Å². The van der Waals surface area contributed by atoms with Gasteiger partial charge < -0.3 is 14.8 Å². The van der Waals surface area contributed by atoms with E-state index in [4.69, 9.17) is 9.47 Å². The average molecular weight is 426 g/mol. The van der Waals surface area contributed by atoms with Crippen LogP contribution in [0.2, 0.25) is 0 Å². The normalized spacial score (nSPS) is 20.3. The zero-order valence-corrected chi connectivity index (χ0v) is 18.0. The summed E-state index contributed by atoms with van der Waals surface area (Å²) in [6.45, 7) is 9.13. The van der Waals surface area contributed by atoms with Gasteiger partial charge in [-0.05, 0) is 31.0 Å². The summed E-state index contributed by atoms with van der Waals surface area (Å²) < 4.78 is 38.1. The van der Waals surface area contributed by atoms with E-state index < -0.39 is 10.0 Å². The summed E-state index contributed by atoms with van der Waals surface area (Å²) in [5.41, 5.74) is 0.997. The predicted molar refractivity (Wildman–Crippen MR) is 110 cm³/mol. The fourth-order valence-electron chi connectivity index (χ4n) is 3.59. The molecule has 162 valence electrons. The lowest BCUT2D eigenvalue weighted by Crippen LogP contribution is -2.47. The second kappa shape index (κ2) is 9.99. The number of hydrogen-bond acceptors (Lipinski definition) is 6. The first-order chi connectivity index (χ1) is 13.9. The maximum absolute atomic E-state index is 13.0. The molecule has 0 radical (unpaired) electrons. The van der Waals surface area contributed by atoms with Crippen LogP contribution in [0.25, 0.3) is 0 Å². The van der Waals surface area contributed by atoms with E-state index in [0.29, 0.717) is 50.6 Å². The molecule has 2 heterocycles. The van der Waals surface area contributed by atoms with Crippen molar-refractivity contribution >= 4 is 15.9 Å². The Balaban J connectivity index is 1.72. The molecule has 0 bridgehead atoms. The third-order valence-electron chi connectivity index (χ3n) is 5.45. The van der Waals surface area contributed by atoms with Crippen LogP contribution in [0, 0.1) is 6.92 Å². The van der Waals surface area contributed by atoms with Crippen LogP contribution in [0.5, 0.6) is 0 Å². The van der Waals surface area contributed by atoms with E-state index in [1.807, 2.05) is 6.92 Å². The summed E-state index contributed by atoms with van der Waals surface area (Å²) in [6, 6.07) is 4.88. The highest BCUT2D eigenvalue weighted by molar-refractivity contribution is 7.89. The number of morpholine rings is 2. The zero-order chi connectivity index (χ0) is 20.9. The molecular weight excluding hydrogens is 394 g/mol. The van der Waals surface area contributed by atoms with Crippen molar-refractivity contribution in [2.75, 3.05) is 59.2 Å². The van der Waals surface area contributed by atoms with E-state index in [1.165, 1.54) is 10.4 Å². The Kier molecular flexibility index (Phi) is 7.64. The number of carbonyl (C=O) groups excluding carboxylic acids is 1. The average Bonchev–Trinajstić information content (AvgIpc) is 2.74. The second-order valence-corrected chi connectivity index (χ2v) is 9.39. The molecule has 2 aliphatic rings. The maximum Gasteiger partial charge on any atom is 0.251 e. The van der Waals surface area contributed by atoms with Crippen molar-refractivity contribution in [2.24, 2.45) is 0 Å². The number of ether oxygens (including phenoxy) is 2. The third-order valence-corrected chi connectivity index (χ3v) is 7.49. The van der Waals surface area contributed by atoms with Gasteiger partial charge in [-0.1, -0.05) is 13.0 Å². The van der Waals surface area contributed by atoms with Gasteiger partial charge >= 0.3 is 0 Å². The van der Waals surface area contributed by atoms with Crippen LogP contribution in [-0.2, 0) is 19.5 Å². The van der Waals surface area contributed by atoms with Gasteiger partial charge in [0.2, 0.25) is 10.0 Å². The van der Waals surface area contributed by atoms with E-state index >= 15 is 0 Å². The molecule has 8 nitrogen and oxygen atoms in total. The smallest absolute Gasteiger partial charge is 0.251 e. The van der Waals surface area contributed by atoms with Gasteiger partial charge in [-0.2, -0.15) is 4.31 Å². The summed E-state index contributed by atoms with van der Waals surface area (Å²) >= 11 is 0. The Morgan fingerprint density at radius 2 is 1.72 bits per heavy atom. The quantitative estimate of drug-likeness (QED) is 0.697. The van der Waals surface area contributed by atoms with Gasteiger partial charge in [0.05, 0.1) is 31.3 Å². The lowest BCUT2D eigenvalue weighted by molar-refractivity contribution is 0.0331. The number of aryl methyl sites for hydroxylation is 1. The number of nitrogens with zero attached hydrogens (tertiary/aromatic N) is 2. The fraction of sp³-hybridized carbons (Fsp3) is 0.650. The van der Waals surface area contributed by atoms with Gasteiger partial charge in [0.25, 0.3) is 5.91 Å². The van der Waals surface area contributed by atoms with Crippen molar-refractivity contribution < 1.29 is 22.7 Å². The van der Waals surface area contributed by atoms with Crippen LogP contribution >= 0.6 is 0 Å².